The van der Waals surface area contributed by atoms with Crippen molar-refractivity contribution in [1.29, 1.82) is 0 Å². The van der Waals surface area contributed by atoms with Crippen LogP contribution in [0.1, 0.15) is 0 Å². The van der Waals surface area contributed by atoms with E-state index < -0.39 is 37.2 Å². The van der Waals surface area contributed by atoms with Crippen LogP contribution in [0.3, 0.4) is 0 Å². The van der Waals surface area contributed by atoms with E-state index in [2.05, 4.69) is 9.97 Å². The highest BCUT2D eigenvalue weighted by Crippen LogP contribution is 2.33. The number of benzene rings is 2. The SMILES string of the molecule is O=[N+]([O-])c1ccccc1S(=O)(=O)Nc1cc(F)ccc1-c1nc(Cl)ncc1F. The van der Waals surface area contributed by atoms with E-state index in [0.717, 1.165) is 36.5 Å². The molecule has 0 saturated heterocycles. The molecule has 0 spiro atoms. The second kappa shape index (κ2) is 7.44. The Morgan fingerprint density at radius 3 is 2.57 bits per heavy atom. The molecule has 0 unspecified atom stereocenters. The number of nitrogens with zero attached hydrogens (tertiary/aromatic N) is 3. The van der Waals surface area contributed by atoms with Gasteiger partial charge in [0.25, 0.3) is 15.7 Å². The van der Waals surface area contributed by atoms with Crippen molar-refractivity contribution in [2.75, 3.05) is 4.72 Å². The lowest BCUT2D eigenvalue weighted by Crippen LogP contribution is -2.15. The number of hydrogen-bond donors (Lipinski definition) is 1. The maximum atomic E-state index is 14.1. The molecule has 0 bridgehead atoms. The molecule has 2 aromatic carbocycles. The fourth-order valence-electron chi connectivity index (χ4n) is 2.38. The Morgan fingerprint density at radius 1 is 1.14 bits per heavy atom. The molecule has 3 aromatic rings. The van der Waals surface area contributed by atoms with Gasteiger partial charge in [0.2, 0.25) is 5.28 Å². The van der Waals surface area contributed by atoms with Gasteiger partial charge in [0.1, 0.15) is 11.5 Å². The third-order valence-electron chi connectivity index (χ3n) is 3.55. The minimum Gasteiger partial charge on any atom is -0.279 e. The van der Waals surface area contributed by atoms with Crippen molar-refractivity contribution in [1.82, 2.24) is 9.97 Å². The number of halogens is 3. The molecule has 0 aliphatic heterocycles. The average molecular weight is 427 g/mol. The summed E-state index contributed by atoms with van der Waals surface area (Å²) in [5.74, 6) is -1.76. The van der Waals surface area contributed by atoms with Gasteiger partial charge in [0.15, 0.2) is 10.7 Å². The summed E-state index contributed by atoms with van der Waals surface area (Å²) in [6.07, 6.45) is 0.772. The molecule has 3 rings (SSSR count). The number of hydrogen-bond acceptors (Lipinski definition) is 6. The summed E-state index contributed by atoms with van der Waals surface area (Å²) in [7, 11) is -4.52. The van der Waals surface area contributed by atoms with Crippen molar-refractivity contribution >= 4 is 33.0 Å². The summed E-state index contributed by atoms with van der Waals surface area (Å²) in [5, 5.41) is 10.8. The molecule has 1 N–H and O–H groups in total. The third-order valence-corrected chi connectivity index (χ3v) is 5.14. The van der Waals surface area contributed by atoms with E-state index in [9.17, 15) is 27.3 Å². The van der Waals surface area contributed by atoms with Crippen molar-refractivity contribution in [2.45, 2.75) is 4.90 Å². The Morgan fingerprint density at radius 2 is 1.86 bits per heavy atom. The fraction of sp³-hybridized carbons (Fsp3) is 0. The first-order valence-corrected chi connectivity index (χ1v) is 9.29. The van der Waals surface area contributed by atoms with Gasteiger partial charge in [-0.25, -0.2) is 27.2 Å². The highest BCUT2D eigenvalue weighted by Gasteiger charge is 2.27. The Labute approximate surface area is 162 Å². The number of sulfonamides is 1. The summed E-state index contributed by atoms with van der Waals surface area (Å²) < 4.78 is 55.3. The van der Waals surface area contributed by atoms with Crippen LogP contribution in [0.15, 0.2) is 53.6 Å². The summed E-state index contributed by atoms with van der Waals surface area (Å²) in [6, 6.07) is 7.45. The number of nitrogens with one attached hydrogen (secondary N) is 1. The highest BCUT2D eigenvalue weighted by molar-refractivity contribution is 7.92. The molecule has 0 fully saturated rings. The van der Waals surface area contributed by atoms with Gasteiger partial charge in [0, 0.05) is 11.6 Å². The molecular weight excluding hydrogens is 418 g/mol. The van der Waals surface area contributed by atoms with Crippen LogP contribution in [0, 0.1) is 21.7 Å². The van der Waals surface area contributed by atoms with Crippen molar-refractivity contribution in [2.24, 2.45) is 0 Å². The predicted molar refractivity (Wildman–Crippen MR) is 96.3 cm³/mol. The van der Waals surface area contributed by atoms with E-state index in [-0.39, 0.29) is 22.2 Å². The Hall–Kier alpha value is -3.18. The number of para-hydroxylation sites is 1. The third kappa shape index (κ3) is 3.89. The zero-order valence-electron chi connectivity index (χ0n) is 13.6. The lowest BCUT2D eigenvalue weighted by Gasteiger charge is -2.13. The zero-order valence-corrected chi connectivity index (χ0v) is 15.2. The monoisotopic (exact) mass is 426 g/mol. The number of nitro benzene ring substituents is 1. The zero-order chi connectivity index (χ0) is 20.5. The molecule has 12 heteroatoms. The molecular formula is C16H9ClF2N4O4S. The van der Waals surface area contributed by atoms with Crippen LogP contribution in [0.4, 0.5) is 20.2 Å². The molecule has 1 aromatic heterocycles. The van der Waals surface area contributed by atoms with Crippen LogP contribution in [-0.2, 0) is 10.0 Å². The number of rotatable bonds is 5. The molecule has 0 atom stereocenters. The normalized spacial score (nSPS) is 11.2. The molecule has 28 heavy (non-hydrogen) atoms. The van der Waals surface area contributed by atoms with Gasteiger partial charge >= 0.3 is 0 Å². The summed E-state index contributed by atoms with van der Waals surface area (Å²) in [5.41, 5.74) is -1.57. The van der Waals surface area contributed by atoms with E-state index in [4.69, 9.17) is 11.6 Å². The predicted octanol–water partition coefficient (Wildman–Crippen LogP) is 3.78. The second-order valence-electron chi connectivity index (χ2n) is 5.36. The van der Waals surface area contributed by atoms with E-state index >= 15 is 0 Å². The lowest BCUT2D eigenvalue weighted by molar-refractivity contribution is -0.387. The van der Waals surface area contributed by atoms with Crippen LogP contribution in [0.25, 0.3) is 11.3 Å². The van der Waals surface area contributed by atoms with Gasteiger partial charge in [0.05, 0.1) is 16.8 Å². The molecule has 144 valence electrons. The van der Waals surface area contributed by atoms with Crippen molar-refractivity contribution in [3.05, 3.63) is 75.7 Å². The first-order valence-electron chi connectivity index (χ1n) is 7.43. The number of aromatic nitrogens is 2. The van der Waals surface area contributed by atoms with E-state index in [1.165, 1.54) is 12.1 Å². The van der Waals surface area contributed by atoms with E-state index in [1.54, 1.807) is 0 Å². The minimum atomic E-state index is -4.52. The van der Waals surface area contributed by atoms with Gasteiger partial charge in [-0.05, 0) is 35.9 Å². The average Bonchev–Trinajstić information content (AvgIpc) is 2.64. The Kier molecular flexibility index (Phi) is 5.21. The quantitative estimate of drug-likeness (QED) is 0.377. The summed E-state index contributed by atoms with van der Waals surface area (Å²) >= 11 is 5.66. The summed E-state index contributed by atoms with van der Waals surface area (Å²) in [4.78, 5) is 16.8. The maximum absolute atomic E-state index is 14.1. The van der Waals surface area contributed by atoms with Crippen molar-refractivity contribution < 1.29 is 22.1 Å². The first kappa shape index (κ1) is 19.6. The molecule has 0 aliphatic carbocycles. The van der Waals surface area contributed by atoms with Crippen LogP contribution in [0.5, 0.6) is 0 Å². The first-order chi connectivity index (χ1) is 13.2. The second-order valence-corrected chi connectivity index (χ2v) is 7.34. The standard InChI is InChI=1S/C16H9ClF2N4O4S/c17-16-20-8-11(19)15(21-16)10-6-5-9(18)7-12(10)22-28(26,27)14-4-2-1-3-13(14)23(24)25/h1-8,22H. The van der Waals surface area contributed by atoms with Crippen LogP contribution in [-0.4, -0.2) is 23.3 Å². The molecule has 8 nitrogen and oxygen atoms in total. The highest BCUT2D eigenvalue weighted by atomic mass is 35.5. The lowest BCUT2D eigenvalue weighted by atomic mass is 10.1. The van der Waals surface area contributed by atoms with E-state index in [1.807, 2.05) is 4.72 Å². The van der Waals surface area contributed by atoms with Crippen LogP contribution >= 0.6 is 11.6 Å². The fourth-order valence-corrected chi connectivity index (χ4v) is 3.75. The van der Waals surface area contributed by atoms with Gasteiger partial charge in [-0.15, -0.1) is 0 Å². The molecule has 0 radical (unpaired) electrons. The largest absolute Gasteiger partial charge is 0.289 e. The molecule has 0 amide bonds. The minimum absolute atomic E-state index is 0.134. The molecule has 1 heterocycles. The van der Waals surface area contributed by atoms with Crippen LogP contribution in [0.2, 0.25) is 5.28 Å². The maximum Gasteiger partial charge on any atom is 0.289 e. The topological polar surface area (TPSA) is 115 Å². The van der Waals surface area contributed by atoms with Crippen LogP contribution < -0.4 is 4.72 Å². The van der Waals surface area contributed by atoms with Gasteiger partial charge in [-0.1, -0.05) is 12.1 Å². The Bertz CT molecular complexity index is 1190. The smallest absolute Gasteiger partial charge is 0.279 e. The van der Waals surface area contributed by atoms with Gasteiger partial charge in [-0.2, -0.15) is 0 Å². The Balaban J connectivity index is 2.14. The van der Waals surface area contributed by atoms with Crippen molar-refractivity contribution in [3.63, 3.8) is 0 Å². The van der Waals surface area contributed by atoms with Crippen molar-refractivity contribution in [3.8, 4) is 11.3 Å². The molecule has 0 aliphatic rings. The summed E-state index contributed by atoms with van der Waals surface area (Å²) in [6.45, 7) is 0. The number of anilines is 1. The van der Waals surface area contributed by atoms with Gasteiger partial charge < -0.3 is 0 Å². The number of nitro groups is 1. The van der Waals surface area contributed by atoms with E-state index in [0.29, 0.717) is 0 Å². The molecule has 0 saturated carbocycles. The van der Waals surface area contributed by atoms with Gasteiger partial charge in [-0.3, -0.25) is 14.8 Å².